The molecule has 0 aromatic heterocycles. The van der Waals surface area contributed by atoms with Gasteiger partial charge in [0, 0.05) is 12.3 Å². The molecule has 0 aromatic carbocycles. The summed E-state index contributed by atoms with van der Waals surface area (Å²) >= 11 is 0. The molecule has 0 saturated carbocycles. The zero-order valence-electron chi connectivity index (χ0n) is 12.4. The third-order valence-electron chi connectivity index (χ3n) is 2.54. The van der Waals surface area contributed by atoms with Crippen LogP contribution >= 0.6 is 0 Å². The van der Waals surface area contributed by atoms with E-state index in [1.54, 1.807) is 0 Å². The molecular formula is C15H27NO2. The van der Waals surface area contributed by atoms with Crippen LogP contribution < -0.4 is 5.73 Å². The molecule has 0 radical (unpaired) electrons. The molecule has 104 valence electrons. The van der Waals surface area contributed by atoms with E-state index in [1.165, 1.54) is 0 Å². The van der Waals surface area contributed by atoms with Crippen molar-refractivity contribution < 1.29 is 9.47 Å². The van der Waals surface area contributed by atoms with Crippen molar-refractivity contribution in [2.45, 2.75) is 47.1 Å². The largest absolute Gasteiger partial charge is 0.489 e. The van der Waals surface area contributed by atoms with E-state index in [0.717, 1.165) is 29.9 Å². The Balaban J connectivity index is 4.28. The lowest BCUT2D eigenvalue weighted by molar-refractivity contribution is 0.0285. The summed E-state index contributed by atoms with van der Waals surface area (Å²) in [5, 5.41) is 0. The van der Waals surface area contributed by atoms with Gasteiger partial charge in [-0.15, -0.1) is 0 Å². The third-order valence-corrected chi connectivity index (χ3v) is 2.54. The van der Waals surface area contributed by atoms with Gasteiger partial charge in [0.1, 0.15) is 11.9 Å². The summed E-state index contributed by atoms with van der Waals surface area (Å²) in [7, 11) is 0. The van der Waals surface area contributed by atoms with E-state index in [9.17, 15) is 0 Å². The molecule has 0 aliphatic rings. The van der Waals surface area contributed by atoms with Crippen molar-refractivity contribution in [2.24, 2.45) is 5.73 Å². The van der Waals surface area contributed by atoms with E-state index in [2.05, 4.69) is 13.5 Å². The Labute approximate surface area is 111 Å². The van der Waals surface area contributed by atoms with Crippen LogP contribution in [-0.4, -0.2) is 19.3 Å². The third kappa shape index (κ3) is 7.17. The van der Waals surface area contributed by atoms with E-state index in [4.69, 9.17) is 15.2 Å². The van der Waals surface area contributed by atoms with Crippen LogP contribution in [0.1, 0.15) is 41.0 Å². The summed E-state index contributed by atoms with van der Waals surface area (Å²) < 4.78 is 11.1. The Morgan fingerprint density at radius 2 is 1.94 bits per heavy atom. The number of rotatable bonds is 8. The maximum absolute atomic E-state index is 5.71. The van der Waals surface area contributed by atoms with Crippen molar-refractivity contribution >= 4 is 0 Å². The molecule has 0 heterocycles. The minimum atomic E-state index is 0.00987. The van der Waals surface area contributed by atoms with Gasteiger partial charge in [0.15, 0.2) is 0 Å². The Hall–Kier alpha value is -1.22. The summed E-state index contributed by atoms with van der Waals surface area (Å²) in [6, 6.07) is 0. The van der Waals surface area contributed by atoms with Gasteiger partial charge in [-0.05, 0) is 45.3 Å². The lowest BCUT2D eigenvalue weighted by Crippen LogP contribution is -2.16. The fourth-order valence-electron chi connectivity index (χ4n) is 1.28. The molecule has 1 unspecified atom stereocenters. The first-order valence-corrected chi connectivity index (χ1v) is 6.43. The molecule has 0 rings (SSSR count). The molecule has 1 atom stereocenters. The minimum absolute atomic E-state index is 0.00987. The normalized spacial score (nSPS) is 15.1. The first kappa shape index (κ1) is 16.8. The lowest BCUT2D eigenvalue weighted by Gasteiger charge is -2.17. The Kier molecular flexibility index (Phi) is 8.21. The van der Waals surface area contributed by atoms with Crippen LogP contribution in [0.3, 0.4) is 0 Å². The van der Waals surface area contributed by atoms with Crippen LogP contribution in [0.25, 0.3) is 0 Å². The van der Waals surface area contributed by atoms with Crippen LogP contribution in [0.5, 0.6) is 0 Å². The number of hydrogen-bond acceptors (Lipinski definition) is 3. The standard InChI is InChI=1S/C15H27NO2/c1-7-8-17-10-13(4)18-15(6)12(3)9-11(2)14(5)16/h9,13H,6-8,10,16H2,1-5H3/b12-9-,14-11-. The highest BCUT2D eigenvalue weighted by atomic mass is 16.5. The predicted molar refractivity (Wildman–Crippen MR) is 77.1 cm³/mol. The average molecular weight is 253 g/mol. The first-order valence-electron chi connectivity index (χ1n) is 6.43. The van der Waals surface area contributed by atoms with Crippen molar-refractivity contribution in [1.82, 2.24) is 0 Å². The van der Waals surface area contributed by atoms with Crippen molar-refractivity contribution in [1.29, 1.82) is 0 Å². The molecule has 0 bridgehead atoms. The highest BCUT2D eigenvalue weighted by Crippen LogP contribution is 2.14. The van der Waals surface area contributed by atoms with Gasteiger partial charge in [0.2, 0.25) is 0 Å². The average Bonchev–Trinajstić information content (AvgIpc) is 2.28. The molecule has 0 aliphatic carbocycles. The fourth-order valence-corrected chi connectivity index (χ4v) is 1.28. The highest BCUT2D eigenvalue weighted by molar-refractivity contribution is 5.31. The van der Waals surface area contributed by atoms with E-state index in [1.807, 2.05) is 33.8 Å². The molecule has 0 amide bonds. The SMILES string of the molecule is C=C(OC(C)COCCC)/C(C)=C\C(C)=C(\C)N. The lowest BCUT2D eigenvalue weighted by atomic mass is 10.1. The van der Waals surface area contributed by atoms with Gasteiger partial charge < -0.3 is 15.2 Å². The van der Waals surface area contributed by atoms with Gasteiger partial charge in [-0.3, -0.25) is 0 Å². The molecule has 3 heteroatoms. The molecule has 3 nitrogen and oxygen atoms in total. The summed E-state index contributed by atoms with van der Waals surface area (Å²) in [6.07, 6.45) is 3.01. The van der Waals surface area contributed by atoms with Gasteiger partial charge in [-0.2, -0.15) is 0 Å². The van der Waals surface area contributed by atoms with Crippen LogP contribution in [0.2, 0.25) is 0 Å². The number of allylic oxidation sites excluding steroid dienone is 4. The molecule has 0 aliphatic heterocycles. The quantitative estimate of drug-likeness (QED) is 0.409. The van der Waals surface area contributed by atoms with Gasteiger partial charge in [0.25, 0.3) is 0 Å². The van der Waals surface area contributed by atoms with Crippen molar-refractivity contribution in [3.63, 3.8) is 0 Å². The molecule has 0 aromatic rings. The molecule has 0 fully saturated rings. The molecular weight excluding hydrogens is 226 g/mol. The number of nitrogens with two attached hydrogens (primary N) is 1. The van der Waals surface area contributed by atoms with E-state index in [0.29, 0.717) is 12.4 Å². The topological polar surface area (TPSA) is 44.5 Å². The second kappa shape index (κ2) is 8.81. The van der Waals surface area contributed by atoms with Crippen LogP contribution in [0.4, 0.5) is 0 Å². The maximum atomic E-state index is 5.71. The minimum Gasteiger partial charge on any atom is -0.489 e. The zero-order chi connectivity index (χ0) is 14.1. The number of hydrogen-bond donors (Lipinski definition) is 1. The monoisotopic (exact) mass is 253 g/mol. The van der Waals surface area contributed by atoms with Crippen LogP contribution in [0.15, 0.2) is 35.3 Å². The summed E-state index contributed by atoms with van der Waals surface area (Å²) in [5.41, 5.74) is 8.54. The summed E-state index contributed by atoms with van der Waals surface area (Å²) in [5.74, 6) is 0.670. The van der Waals surface area contributed by atoms with Gasteiger partial charge >= 0.3 is 0 Å². The van der Waals surface area contributed by atoms with Crippen molar-refractivity contribution in [3.8, 4) is 0 Å². The highest BCUT2D eigenvalue weighted by Gasteiger charge is 2.06. The zero-order valence-corrected chi connectivity index (χ0v) is 12.4. The second-order valence-corrected chi connectivity index (χ2v) is 4.62. The second-order valence-electron chi connectivity index (χ2n) is 4.62. The maximum Gasteiger partial charge on any atom is 0.119 e. The van der Waals surface area contributed by atoms with E-state index < -0.39 is 0 Å². The van der Waals surface area contributed by atoms with Gasteiger partial charge in [0.05, 0.1) is 6.61 Å². The summed E-state index contributed by atoms with van der Waals surface area (Å²) in [6.45, 7) is 15.2. The predicted octanol–water partition coefficient (Wildman–Crippen LogP) is 3.53. The van der Waals surface area contributed by atoms with Crippen molar-refractivity contribution in [2.75, 3.05) is 13.2 Å². The van der Waals surface area contributed by atoms with Crippen molar-refractivity contribution in [3.05, 3.63) is 35.3 Å². The number of ether oxygens (including phenoxy) is 2. The first-order chi connectivity index (χ1) is 8.38. The fraction of sp³-hybridized carbons (Fsp3) is 0.600. The van der Waals surface area contributed by atoms with Crippen LogP contribution in [0, 0.1) is 0 Å². The Bertz CT molecular complexity index is 325. The van der Waals surface area contributed by atoms with Crippen LogP contribution in [-0.2, 0) is 9.47 Å². The molecule has 2 N–H and O–H groups in total. The Morgan fingerprint density at radius 3 is 2.44 bits per heavy atom. The van der Waals surface area contributed by atoms with Gasteiger partial charge in [-0.1, -0.05) is 19.6 Å². The summed E-state index contributed by atoms with van der Waals surface area (Å²) in [4.78, 5) is 0. The smallest absolute Gasteiger partial charge is 0.119 e. The molecule has 0 spiro atoms. The molecule has 18 heavy (non-hydrogen) atoms. The van der Waals surface area contributed by atoms with E-state index in [-0.39, 0.29) is 6.10 Å². The van der Waals surface area contributed by atoms with Gasteiger partial charge in [-0.25, -0.2) is 0 Å². The Morgan fingerprint density at radius 1 is 1.33 bits per heavy atom. The van der Waals surface area contributed by atoms with E-state index >= 15 is 0 Å². The molecule has 0 saturated heterocycles.